The highest BCUT2D eigenvalue weighted by Gasteiger charge is 2.17. The van der Waals surface area contributed by atoms with E-state index in [-0.39, 0.29) is 11.5 Å². The Kier molecular flexibility index (Phi) is 8.21. The fraction of sp³-hybridized carbons (Fsp3) is 0.318. The number of para-hydroxylation sites is 2. The maximum Gasteiger partial charge on any atom is 0.342 e. The van der Waals surface area contributed by atoms with Gasteiger partial charge in [-0.1, -0.05) is 38.1 Å². The highest BCUT2D eigenvalue weighted by Crippen LogP contribution is 2.19. The molecule has 0 heterocycles. The van der Waals surface area contributed by atoms with E-state index < -0.39 is 18.5 Å². The van der Waals surface area contributed by atoms with Crippen LogP contribution in [0.25, 0.3) is 0 Å². The smallest absolute Gasteiger partial charge is 0.342 e. The highest BCUT2D eigenvalue weighted by atomic mass is 16.5. The Balaban J connectivity index is 1.98. The molecular weight excluding hydrogens is 372 g/mol. The topological polar surface area (TPSA) is 93.7 Å². The molecule has 0 aromatic heterocycles. The summed E-state index contributed by atoms with van der Waals surface area (Å²) in [6.07, 6.45) is 0. The van der Waals surface area contributed by atoms with Crippen molar-refractivity contribution in [1.82, 2.24) is 5.32 Å². The van der Waals surface area contributed by atoms with Crippen molar-refractivity contribution in [1.29, 1.82) is 0 Å². The first-order chi connectivity index (χ1) is 13.9. The molecular formula is C22H26N2O5. The third-order valence-corrected chi connectivity index (χ3v) is 3.86. The monoisotopic (exact) mass is 398 g/mol. The van der Waals surface area contributed by atoms with Crippen LogP contribution < -0.4 is 15.4 Å². The van der Waals surface area contributed by atoms with Crippen LogP contribution in [0.1, 0.15) is 41.5 Å². The lowest BCUT2D eigenvalue weighted by Crippen LogP contribution is -2.29. The van der Waals surface area contributed by atoms with Gasteiger partial charge in [0.05, 0.1) is 17.9 Å². The van der Waals surface area contributed by atoms with Crippen LogP contribution in [0, 0.1) is 5.92 Å². The quantitative estimate of drug-likeness (QED) is 0.633. The summed E-state index contributed by atoms with van der Waals surface area (Å²) in [5, 5.41) is 5.43. The Hall–Kier alpha value is -3.35. The standard InChI is InChI=1S/C22H26N2O5/c1-4-28-19-12-8-6-10-17(19)22(27)29-14-20(25)24-18-11-7-5-9-16(18)21(26)23-13-15(2)3/h5-12,15H,4,13-14H2,1-3H3,(H,23,26)(H,24,25). The fourth-order valence-corrected chi connectivity index (χ4v) is 2.49. The third-order valence-electron chi connectivity index (χ3n) is 3.86. The van der Waals surface area contributed by atoms with E-state index in [9.17, 15) is 14.4 Å². The number of carbonyl (C=O) groups is 3. The number of anilines is 1. The third kappa shape index (κ3) is 6.64. The second kappa shape index (κ2) is 10.8. The molecule has 0 aliphatic heterocycles. The van der Waals surface area contributed by atoms with Gasteiger partial charge < -0.3 is 20.1 Å². The first-order valence-corrected chi connectivity index (χ1v) is 9.48. The molecule has 2 N–H and O–H groups in total. The highest BCUT2D eigenvalue weighted by molar-refractivity contribution is 6.04. The van der Waals surface area contributed by atoms with Gasteiger partial charge in [-0.2, -0.15) is 0 Å². The van der Waals surface area contributed by atoms with E-state index in [2.05, 4.69) is 10.6 Å². The molecule has 0 aliphatic rings. The van der Waals surface area contributed by atoms with Crippen LogP contribution in [-0.2, 0) is 9.53 Å². The summed E-state index contributed by atoms with van der Waals surface area (Å²) in [5.74, 6) is -0.784. The summed E-state index contributed by atoms with van der Waals surface area (Å²) in [7, 11) is 0. The summed E-state index contributed by atoms with van der Waals surface area (Å²) in [4.78, 5) is 36.9. The van der Waals surface area contributed by atoms with Crippen molar-refractivity contribution < 1.29 is 23.9 Å². The van der Waals surface area contributed by atoms with E-state index in [1.807, 2.05) is 20.8 Å². The normalized spacial score (nSPS) is 10.3. The molecule has 0 radical (unpaired) electrons. The average molecular weight is 398 g/mol. The summed E-state index contributed by atoms with van der Waals surface area (Å²) in [6.45, 7) is 6.24. The van der Waals surface area contributed by atoms with Crippen LogP contribution in [0.4, 0.5) is 5.69 Å². The van der Waals surface area contributed by atoms with E-state index in [1.165, 1.54) is 0 Å². The first-order valence-electron chi connectivity index (χ1n) is 9.48. The number of rotatable bonds is 9. The van der Waals surface area contributed by atoms with Crippen LogP contribution in [0.2, 0.25) is 0 Å². The molecule has 0 saturated carbocycles. The zero-order valence-corrected chi connectivity index (χ0v) is 16.9. The van der Waals surface area contributed by atoms with Gasteiger partial charge in [0.1, 0.15) is 11.3 Å². The predicted octanol–water partition coefficient (Wildman–Crippen LogP) is 3.27. The summed E-state index contributed by atoms with van der Waals surface area (Å²) in [6, 6.07) is 13.3. The van der Waals surface area contributed by atoms with Gasteiger partial charge in [0.15, 0.2) is 6.61 Å². The van der Waals surface area contributed by atoms with Crippen molar-refractivity contribution in [3.8, 4) is 5.75 Å². The Morgan fingerprint density at radius 1 is 0.966 bits per heavy atom. The Bertz CT molecular complexity index is 864. The van der Waals surface area contributed by atoms with Crippen LogP contribution in [0.15, 0.2) is 48.5 Å². The minimum absolute atomic E-state index is 0.246. The zero-order chi connectivity index (χ0) is 21.2. The molecule has 0 saturated heterocycles. The lowest BCUT2D eigenvalue weighted by molar-refractivity contribution is -0.119. The van der Waals surface area contributed by atoms with E-state index in [1.54, 1.807) is 48.5 Å². The molecule has 29 heavy (non-hydrogen) atoms. The number of benzene rings is 2. The molecule has 154 valence electrons. The van der Waals surface area contributed by atoms with Crippen molar-refractivity contribution in [2.24, 2.45) is 5.92 Å². The van der Waals surface area contributed by atoms with Crippen molar-refractivity contribution in [2.75, 3.05) is 25.1 Å². The molecule has 2 aromatic rings. The van der Waals surface area contributed by atoms with Crippen LogP contribution in [0.3, 0.4) is 0 Å². The number of ether oxygens (including phenoxy) is 2. The SMILES string of the molecule is CCOc1ccccc1C(=O)OCC(=O)Nc1ccccc1C(=O)NCC(C)C. The van der Waals surface area contributed by atoms with Crippen molar-refractivity contribution >= 4 is 23.5 Å². The zero-order valence-electron chi connectivity index (χ0n) is 16.9. The van der Waals surface area contributed by atoms with Crippen LogP contribution >= 0.6 is 0 Å². The van der Waals surface area contributed by atoms with Gasteiger partial charge in [-0.15, -0.1) is 0 Å². The number of amides is 2. The van der Waals surface area contributed by atoms with Gasteiger partial charge in [-0.25, -0.2) is 4.79 Å². The molecule has 0 atom stereocenters. The van der Waals surface area contributed by atoms with Gasteiger partial charge >= 0.3 is 5.97 Å². The molecule has 0 bridgehead atoms. The molecule has 0 aliphatic carbocycles. The number of carbonyl (C=O) groups excluding carboxylic acids is 3. The second-order valence-electron chi connectivity index (χ2n) is 6.70. The molecule has 7 heteroatoms. The molecule has 0 unspecified atom stereocenters. The van der Waals surface area contributed by atoms with Gasteiger partial charge in [0.2, 0.25) is 0 Å². The Morgan fingerprint density at radius 3 is 2.31 bits per heavy atom. The fourth-order valence-electron chi connectivity index (χ4n) is 2.49. The summed E-state index contributed by atoms with van der Waals surface area (Å²) < 4.78 is 10.5. The summed E-state index contributed by atoms with van der Waals surface area (Å²) in [5.41, 5.74) is 0.939. The molecule has 2 aromatic carbocycles. The van der Waals surface area contributed by atoms with E-state index in [0.717, 1.165) is 0 Å². The first kappa shape index (κ1) is 21.9. The second-order valence-corrected chi connectivity index (χ2v) is 6.70. The molecule has 2 rings (SSSR count). The predicted molar refractivity (Wildman–Crippen MR) is 110 cm³/mol. The van der Waals surface area contributed by atoms with E-state index in [0.29, 0.717) is 36.1 Å². The lowest BCUT2D eigenvalue weighted by atomic mass is 10.1. The van der Waals surface area contributed by atoms with E-state index in [4.69, 9.17) is 9.47 Å². The number of esters is 1. The molecule has 7 nitrogen and oxygen atoms in total. The molecule has 2 amide bonds. The maximum atomic E-state index is 12.3. The van der Waals surface area contributed by atoms with Gasteiger partial charge in [-0.05, 0) is 37.1 Å². The number of nitrogens with one attached hydrogen (secondary N) is 2. The number of hydrogen-bond acceptors (Lipinski definition) is 5. The minimum Gasteiger partial charge on any atom is -0.493 e. The Labute approximate surface area is 170 Å². The van der Waals surface area contributed by atoms with Gasteiger partial charge in [-0.3, -0.25) is 9.59 Å². The van der Waals surface area contributed by atoms with Crippen molar-refractivity contribution in [2.45, 2.75) is 20.8 Å². The van der Waals surface area contributed by atoms with Crippen molar-refractivity contribution in [3.63, 3.8) is 0 Å². The summed E-state index contributed by atoms with van der Waals surface area (Å²) >= 11 is 0. The van der Waals surface area contributed by atoms with Crippen LogP contribution in [0.5, 0.6) is 5.75 Å². The number of hydrogen-bond donors (Lipinski definition) is 2. The average Bonchev–Trinajstić information content (AvgIpc) is 2.71. The minimum atomic E-state index is -0.660. The largest absolute Gasteiger partial charge is 0.493 e. The Morgan fingerprint density at radius 2 is 1.62 bits per heavy atom. The van der Waals surface area contributed by atoms with Crippen molar-refractivity contribution in [3.05, 3.63) is 59.7 Å². The lowest BCUT2D eigenvalue weighted by Gasteiger charge is -2.13. The molecule has 0 fully saturated rings. The van der Waals surface area contributed by atoms with Gasteiger partial charge in [0, 0.05) is 6.54 Å². The van der Waals surface area contributed by atoms with Crippen LogP contribution in [-0.4, -0.2) is 37.5 Å². The molecule has 0 spiro atoms. The van der Waals surface area contributed by atoms with Gasteiger partial charge in [0.25, 0.3) is 11.8 Å². The van der Waals surface area contributed by atoms with E-state index >= 15 is 0 Å². The maximum absolute atomic E-state index is 12.3.